The van der Waals surface area contributed by atoms with Crippen LogP contribution in [0.4, 0.5) is 0 Å². The molecule has 10 aliphatic rings. The summed E-state index contributed by atoms with van der Waals surface area (Å²) in [4.78, 5) is 0. The number of hydrogen-bond donors (Lipinski definition) is 21. The topological polar surface area (TPSA) is 536 Å². The summed E-state index contributed by atoms with van der Waals surface area (Å²) in [5, 5.41) is 228. The molecule has 0 aromatic heterocycles. The minimum atomic E-state index is -2.05. The molecule has 0 aromatic rings. The molecular formula is C56H92O33. The van der Waals surface area contributed by atoms with Crippen LogP contribution in [-0.2, 0) is 56.8 Å². The van der Waals surface area contributed by atoms with Gasteiger partial charge in [0.2, 0.25) is 0 Å². The maximum absolute atomic E-state index is 12.7. The zero-order valence-electron chi connectivity index (χ0n) is 49.3. The standard InChI is InChI=1S/C56H92O33/c1-19-11-55-9-5-26-53(2,7-4-8-54(26,3)52(77)88-50-44(86-48-40(75)36(71)30(65)22(14-59)80-48)42(32(67)24(16-61)82-50)84-46-38(73)34(69)28(63)20(12-57)78-46)27(55)6-10-56(19,18-55)89-51-45(87-49-41(76)37(72)31(66)23(15-60)81-49)43(33(68)25(17-62)83-51)85-47-39(74)35(70)29(64)21(13-58)79-47/h11,20-52,57-77H,4-10,12-18H2,1-3H3/t20?,21?,22?,23?,24?,25?,26?,27-,28?,29?,30?,31?,32?,33?,34?,35?,36?,37?,38?,39?,40?,41?,42?,43?,44?,45?,46?,47?,48?,49?,50?,51?,52?,53+,54+,55+,56-/m0/s1. The van der Waals surface area contributed by atoms with E-state index >= 15 is 0 Å². The summed E-state index contributed by atoms with van der Waals surface area (Å²) in [7, 11) is 0. The van der Waals surface area contributed by atoms with Gasteiger partial charge in [0.05, 0.1) is 45.2 Å². The molecule has 2 bridgehead atoms. The van der Waals surface area contributed by atoms with Gasteiger partial charge in [-0.1, -0.05) is 26.3 Å². The van der Waals surface area contributed by atoms with E-state index in [9.17, 15) is 107 Å². The van der Waals surface area contributed by atoms with Crippen molar-refractivity contribution in [1.29, 1.82) is 0 Å². The van der Waals surface area contributed by atoms with E-state index in [1.807, 2.05) is 13.8 Å². The zero-order chi connectivity index (χ0) is 64.7. The molecule has 3 saturated carbocycles. The molecule has 89 heavy (non-hydrogen) atoms. The van der Waals surface area contributed by atoms with E-state index in [0.717, 1.165) is 5.57 Å². The van der Waals surface area contributed by atoms with Crippen molar-refractivity contribution in [3.05, 3.63) is 11.6 Å². The molecular weight excluding hydrogens is 1200 g/mol. The van der Waals surface area contributed by atoms with E-state index in [4.69, 9.17) is 56.8 Å². The average Bonchev–Trinajstić information content (AvgIpc) is 1.62. The molecule has 1 spiro atoms. The Morgan fingerprint density at radius 2 is 0.764 bits per heavy atom. The molecule has 10 rings (SSSR count). The van der Waals surface area contributed by atoms with E-state index in [-0.39, 0.29) is 11.8 Å². The van der Waals surface area contributed by atoms with E-state index < -0.39 is 252 Å². The summed E-state index contributed by atoms with van der Waals surface area (Å²) in [5.41, 5.74) is -2.80. The molecule has 33 heteroatoms. The maximum Gasteiger partial charge on any atom is 0.190 e. The predicted molar refractivity (Wildman–Crippen MR) is 285 cm³/mol. The molecule has 0 radical (unpaired) electrons. The highest BCUT2D eigenvalue weighted by Crippen LogP contribution is 2.72. The van der Waals surface area contributed by atoms with Gasteiger partial charge in [0.15, 0.2) is 44.0 Å². The van der Waals surface area contributed by atoms with Crippen LogP contribution in [0, 0.1) is 28.1 Å². The third-order valence-electron chi connectivity index (χ3n) is 21.4. The molecule has 9 fully saturated rings. The minimum Gasteiger partial charge on any atom is -0.394 e. The van der Waals surface area contributed by atoms with Gasteiger partial charge in [-0.3, -0.25) is 0 Å². The van der Waals surface area contributed by atoms with Crippen molar-refractivity contribution >= 4 is 0 Å². The molecule has 33 nitrogen and oxygen atoms in total. The van der Waals surface area contributed by atoms with Gasteiger partial charge in [0, 0.05) is 5.41 Å². The van der Waals surface area contributed by atoms with Gasteiger partial charge in [0.25, 0.3) is 0 Å². The number of fused-ring (bicyclic) bond motifs is 3. The van der Waals surface area contributed by atoms with Crippen molar-refractivity contribution in [3.63, 3.8) is 0 Å². The molecule has 0 amide bonds. The lowest BCUT2D eigenvalue weighted by molar-refractivity contribution is -0.409. The fourth-order valence-electron chi connectivity index (χ4n) is 16.4. The number of aliphatic hydroxyl groups excluding tert-OH is 21. The predicted octanol–water partition coefficient (Wildman–Crippen LogP) is -9.67. The summed E-state index contributed by atoms with van der Waals surface area (Å²) in [6.45, 7) is 0.609. The van der Waals surface area contributed by atoms with Crippen molar-refractivity contribution in [1.82, 2.24) is 0 Å². The highest BCUT2D eigenvalue weighted by atomic mass is 16.8. The van der Waals surface area contributed by atoms with Gasteiger partial charge >= 0.3 is 0 Å². The first-order chi connectivity index (χ1) is 42.1. The number of allylic oxidation sites excluding steroid dienone is 1. The largest absolute Gasteiger partial charge is 0.394 e. The molecule has 37 atom stereocenters. The highest BCUT2D eigenvalue weighted by molar-refractivity contribution is 5.34. The quantitative estimate of drug-likeness (QED) is 0.0324. The SMILES string of the molecule is CC1=C[C@@]23CCC4[C@](C)(C(O)OC5OC(CO)C(O)C(OC6OC(CO)C(O)C(O)C6O)C5OC5OC(CO)C(O)C(O)C5O)CCC[C@@]4(C)[C@@H]2CC[C@]1(OC1OC(CO)C(O)C(OC2OC(CO)C(O)C(O)C2O)C1OC1OC(CO)C(O)C(O)C1O)C3. The second-order valence-corrected chi connectivity index (χ2v) is 26.5. The van der Waals surface area contributed by atoms with Crippen LogP contribution in [0.15, 0.2) is 11.6 Å². The highest BCUT2D eigenvalue weighted by Gasteiger charge is 2.69. The Labute approximate surface area is 510 Å². The lowest BCUT2D eigenvalue weighted by Gasteiger charge is -2.65. The first-order valence-electron chi connectivity index (χ1n) is 30.6. The number of rotatable bonds is 19. The molecule has 6 heterocycles. The van der Waals surface area contributed by atoms with Crippen molar-refractivity contribution in [2.45, 2.75) is 268 Å². The Balaban J connectivity index is 0.921. The summed E-state index contributed by atoms with van der Waals surface area (Å²) in [6.07, 6.45) is -50.8. The Bertz CT molecular complexity index is 2360. The van der Waals surface area contributed by atoms with E-state index in [2.05, 4.69) is 13.0 Å². The van der Waals surface area contributed by atoms with Crippen molar-refractivity contribution < 1.29 is 164 Å². The third-order valence-corrected chi connectivity index (χ3v) is 21.4. The fraction of sp³-hybridized carbons (Fsp3) is 0.964. The Hall–Kier alpha value is -1.58. The van der Waals surface area contributed by atoms with Crippen LogP contribution in [0.1, 0.15) is 72.1 Å². The second kappa shape index (κ2) is 27.5. The van der Waals surface area contributed by atoms with Crippen LogP contribution >= 0.6 is 0 Å². The summed E-state index contributed by atoms with van der Waals surface area (Å²) >= 11 is 0. The van der Waals surface area contributed by atoms with Crippen LogP contribution in [-0.4, -0.2) is 343 Å². The zero-order valence-corrected chi connectivity index (χ0v) is 49.3. The molecule has 514 valence electrons. The monoisotopic (exact) mass is 1290 g/mol. The molecule has 6 saturated heterocycles. The van der Waals surface area contributed by atoms with Gasteiger partial charge in [-0.15, -0.1) is 0 Å². The summed E-state index contributed by atoms with van der Waals surface area (Å²) < 4.78 is 73.4. The van der Waals surface area contributed by atoms with Crippen LogP contribution in [0.2, 0.25) is 0 Å². The fourth-order valence-corrected chi connectivity index (χ4v) is 16.4. The van der Waals surface area contributed by atoms with Gasteiger partial charge in [-0.25, -0.2) is 0 Å². The smallest absolute Gasteiger partial charge is 0.190 e. The van der Waals surface area contributed by atoms with Crippen LogP contribution in [0.5, 0.6) is 0 Å². The Morgan fingerprint density at radius 1 is 0.416 bits per heavy atom. The van der Waals surface area contributed by atoms with Crippen LogP contribution in [0.3, 0.4) is 0 Å². The third kappa shape index (κ3) is 12.4. The Kier molecular flexibility index (Phi) is 21.7. The second-order valence-electron chi connectivity index (χ2n) is 26.5. The molecule has 0 aromatic carbocycles. The van der Waals surface area contributed by atoms with Gasteiger partial charge < -0.3 is 164 Å². The summed E-state index contributed by atoms with van der Waals surface area (Å²) in [5.74, 6) is -0.466. The Morgan fingerprint density at radius 3 is 1.17 bits per heavy atom. The van der Waals surface area contributed by atoms with Crippen LogP contribution in [0.25, 0.3) is 0 Å². The lowest BCUT2D eigenvalue weighted by Crippen LogP contribution is -2.68. The molecule has 32 unspecified atom stereocenters. The number of aliphatic hydroxyl groups is 21. The molecule has 6 aliphatic heterocycles. The molecule has 21 N–H and O–H groups in total. The normalized spacial score (nSPS) is 54.9. The van der Waals surface area contributed by atoms with E-state index in [0.29, 0.717) is 51.4 Å². The molecule has 4 aliphatic carbocycles. The minimum absolute atomic E-state index is 0.129. The van der Waals surface area contributed by atoms with Crippen LogP contribution < -0.4 is 0 Å². The van der Waals surface area contributed by atoms with E-state index in [1.165, 1.54) is 0 Å². The summed E-state index contributed by atoms with van der Waals surface area (Å²) in [6, 6.07) is 0. The van der Waals surface area contributed by atoms with E-state index in [1.54, 1.807) is 0 Å². The van der Waals surface area contributed by atoms with Crippen molar-refractivity contribution in [2.75, 3.05) is 39.6 Å². The first kappa shape index (κ1) is 70.2. The number of hydrogen-bond acceptors (Lipinski definition) is 33. The first-order valence-corrected chi connectivity index (χ1v) is 30.6. The van der Waals surface area contributed by atoms with Gasteiger partial charge in [0.1, 0.15) is 146 Å². The van der Waals surface area contributed by atoms with Crippen molar-refractivity contribution in [3.8, 4) is 0 Å². The van der Waals surface area contributed by atoms with Gasteiger partial charge in [-0.2, -0.15) is 0 Å². The van der Waals surface area contributed by atoms with Crippen molar-refractivity contribution in [2.24, 2.45) is 28.1 Å². The maximum atomic E-state index is 12.7. The average molecular weight is 1290 g/mol. The van der Waals surface area contributed by atoms with Gasteiger partial charge in [-0.05, 0) is 80.1 Å². The number of ether oxygens (including phenoxy) is 12. The lowest BCUT2D eigenvalue weighted by atomic mass is 9.40.